The maximum atomic E-state index is 14.8. The SMILES string of the molecule is COc1ccc([C@@H]2CNC[C@H]2C(=O)N2CCCC(c3ccc(Cl)cc3)N(S(C)(=O)=O)CC2)c(F)c1. The summed E-state index contributed by atoms with van der Waals surface area (Å²) >= 11 is 6.02. The minimum Gasteiger partial charge on any atom is -0.497 e. The second-order valence-electron chi connectivity index (χ2n) is 9.17. The number of rotatable bonds is 5. The first kappa shape index (κ1) is 25.9. The molecule has 0 radical (unpaired) electrons. The molecule has 2 aliphatic rings. The van der Waals surface area contributed by atoms with Crippen LogP contribution in [0.4, 0.5) is 4.39 Å². The first-order valence-corrected chi connectivity index (χ1v) is 14.0. The van der Waals surface area contributed by atoms with E-state index in [-0.39, 0.29) is 31.0 Å². The molecule has 1 unspecified atom stereocenters. The van der Waals surface area contributed by atoms with Gasteiger partial charge in [-0.25, -0.2) is 12.8 Å². The molecule has 7 nitrogen and oxygen atoms in total. The number of halogens is 2. The van der Waals surface area contributed by atoms with Crippen LogP contribution in [-0.4, -0.2) is 69.6 Å². The van der Waals surface area contributed by atoms with Crippen molar-refractivity contribution in [3.8, 4) is 5.75 Å². The topological polar surface area (TPSA) is 79.0 Å². The Morgan fingerprint density at radius 1 is 1.11 bits per heavy atom. The molecule has 1 N–H and O–H groups in total. The van der Waals surface area contributed by atoms with Crippen molar-refractivity contribution >= 4 is 27.5 Å². The van der Waals surface area contributed by atoms with Gasteiger partial charge in [-0.15, -0.1) is 0 Å². The molecule has 1 amide bonds. The van der Waals surface area contributed by atoms with Gasteiger partial charge in [-0.1, -0.05) is 29.8 Å². The van der Waals surface area contributed by atoms with E-state index in [4.69, 9.17) is 16.3 Å². The fourth-order valence-corrected chi connectivity index (χ4v) is 6.41. The summed E-state index contributed by atoms with van der Waals surface area (Å²) in [5, 5.41) is 3.82. The van der Waals surface area contributed by atoms with Crippen molar-refractivity contribution in [1.29, 1.82) is 0 Å². The maximum absolute atomic E-state index is 14.8. The zero-order valence-corrected chi connectivity index (χ0v) is 21.5. The number of hydrogen-bond donors (Lipinski definition) is 1. The number of ether oxygens (including phenoxy) is 1. The van der Waals surface area contributed by atoms with Gasteiger partial charge in [-0.05, 0) is 42.2 Å². The Bertz CT molecular complexity index is 1160. The van der Waals surface area contributed by atoms with Gasteiger partial charge in [0.15, 0.2) is 0 Å². The van der Waals surface area contributed by atoms with E-state index in [9.17, 15) is 17.6 Å². The van der Waals surface area contributed by atoms with Gasteiger partial charge in [0.05, 0.1) is 19.3 Å². The van der Waals surface area contributed by atoms with Crippen LogP contribution in [0.5, 0.6) is 5.75 Å². The number of carbonyl (C=O) groups excluding carboxylic acids is 1. The molecule has 35 heavy (non-hydrogen) atoms. The summed E-state index contributed by atoms with van der Waals surface area (Å²) in [6.07, 6.45) is 2.43. The fraction of sp³-hybridized carbons (Fsp3) is 0.480. The average molecular weight is 524 g/mol. The lowest BCUT2D eigenvalue weighted by atomic mass is 9.87. The van der Waals surface area contributed by atoms with Gasteiger partial charge in [0.2, 0.25) is 15.9 Å². The third-order valence-corrected chi connectivity index (χ3v) is 8.52. The largest absolute Gasteiger partial charge is 0.497 e. The standard InChI is InChI=1S/C25H31ClFN3O4S/c1-34-19-9-10-20(23(27)14-19)21-15-28-16-22(21)25(31)29-11-3-4-24(17-5-7-18(26)8-6-17)30(13-12-29)35(2,32)33/h5-10,14,21-22,24,28H,3-4,11-13,15-16H2,1-2H3/t21-,22+,24?/m0/s1. The van der Waals surface area contributed by atoms with Gasteiger partial charge < -0.3 is 15.0 Å². The number of amides is 1. The summed E-state index contributed by atoms with van der Waals surface area (Å²) in [5.41, 5.74) is 1.37. The normalized spacial score (nSPS) is 24.1. The Labute approximate surface area is 211 Å². The minimum atomic E-state index is -3.52. The summed E-state index contributed by atoms with van der Waals surface area (Å²) in [4.78, 5) is 15.3. The predicted molar refractivity (Wildman–Crippen MR) is 134 cm³/mol. The Morgan fingerprint density at radius 3 is 2.51 bits per heavy atom. The van der Waals surface area contributed by atoms with Crippen molar-refractivity contribution in [2.45, 2.75) is 24.8 Å². The second kappa shape index (κ2) is 10.8. The Hall–Kier alpha value is -2.20. The zero-order valence-electron chi connectivity index (χ0n) is 19.9. The monoisotopic (exact) mass is 523 g/mol. The molecule has 2 aliphatic heterocycles. The molecule has 2 aromatic rings. The van der Waals surface area contributed by atoms with Crippen molar-refractivity contribution in [1.82, 2.24) is 14.5 Å². The molecule has 2 aromatic carbocycles. The molecule has 0 bridgehead atoms. The van der Waals surface area contributed by atoms with Crippen molar-refractivity contribution < 1.29 is 22.3 Å². The molecule has 2 saturated heterocycles. The van der Waals surface area contributed by atoms with E-state index in [0.29, 0.717) is 48.8 Å². The highest BCUT2D eigenvalue weighted by atomic mass is 35.5. The van der Waals surface area contributed by atoms with Crippen LogP contribution < -0.4 is 10.1 Å². The van der Waals surface area contributed by atoms with Gasteiger partial charge in [-0.2, -0.15) is 4.31 Å². The van der Waals surface area contributed by atoms with E-state index < -0.39 is 21.8 Å². The van der Waals surface area contributed by atoms with Crippen LogP contribution in [0.25, 0.3) is 0 Å². The number of nitrogens with zero attached hydrogens (tertiary/aromatic N) is 2. The van der Waals surface area contributed by atoms with Gasteiger partial charge in [0, 0.05) is 55.8 Å². The summed E-state index contributed by atoms with van der Waals surface area (Å²) in [7, 11) is -2.04. The number of methoxy groups -OCH3 is 1. The van der Waals surface area contributed by atoms with Crippen LogP contribution in [0.1, 0.15) is 35.9 Å². The van der Waals surface area contributed by atoms with E-state index in [1.54, 1.807) is 29.2 Å². The molecule has 0 aromatic heterocycles. The van der Waals surface area contributed by atoms with Crippen molar-refractivity contribution in [2.75, 3.05) is 46.1 Å². The highest BCUT2D eigenvalue weighted by molar-refractivity contribution is 7.88. The Kier molecular flexibility index (Phi) is 8.00. The zero-order chi connectivity index (χ0) is 25.2. The van der Waals surface area contributed by atoms with Crippen molar-refractivity contribution in [3.63, 3.8) is 0 Å². The van der Waals surface area contributed by atoms with Crippen molar-refractivity contribution in [2.24, 2.45) is 5.92 Å². The molecule has 2 heterocycles. The maximum Gasteiger partial charge on any atom is 0.227 e. The molecule has 0 saturated carbocycles. The van der Waals surface area contributed by atoms with Gasteiger partial charge in [-0.3, -0.25) is 4.79 Å². The highest BCUT2D eigenvalue weighted by Gasteiger charge is 2.39. The Morgan fingerprint density at radius 2 is 1.86 bits per heavy atom. The lowest BCUT2D eigenvalue weighted by Crippen LogP contribution is -2.47. The number of sulfonamides is 1. The molecule has 0 spiro atoms. The molecule has 10 heteroatoms. The molecule has 0 aliphatic carbocycles. The van der Waals surface area contributed by atoms with Gasteiger partial charge >= 0.3 is 0 Å². The van der Waals surface area contributed by atoms with Crippen LogP contribution in [0.2, 0.25) is 5.02 Å². The van der Waals surface area contributed by atoms with Crippen molar-refractivity contribution in [3.05, 3.63) is 64.4 Å². The Balaban J connectivity index is 1.52. The lowest BCUT2D eigenvalue weighted by Gasteiger charge is -2.37. The number of carbonyl (C=O) groups is 1. The molecule has 2 fully saturated rings. The summed E-state index contributed by atoms with van der Waals surface area (Å²) < 4.78 is 46.8. The van der Waals surface area contributed by atoms with Crippen LogP contribution in [0, 0.1) is 11.7 Å². The minimum absolute atomic E-state index is 0.0754. The molecule has 190 valence electrons. The third kappa shape index (κ3) is 5.80. The lowest BCUT2D eigenvalue weighted by molar-refractivity contribution is -0.136. The highest BCUT2D eigenvalue weighted by Crippen LogP contribution is 2.34. The molecule has 4 rings (SSSR count). The van der Waals surface area contributed by atoms with Crippen LogP contribution >= 0.6 is 11.6 Å². The fourth-order valence-electron chi connectivity index (χ4n) is 5.18. The summed E-state index contributed by atoms with van der Waals surface area (Å²) in [6.45, 7) is 1.95. The molecular formula is C25H31ClFN3O4S. The first-order valence-electron chi connectivity index (χ1n) is 11.7. The number of hydrogen-bond acceptors (Lipinski definition) is 5. The first-order chi connectivity index (χ1) is 16.7. The summed E-state index contributed by atoms with van der Waals surface area (Å²) in [6, 6.07) is 11.6. The van der Waals surface area contributed by atoms with Crippen LogP contribution in [0.3, 0.4) is 0 Å². The molecule has 3 atom stereocenters. The predicted octanol–water partition coefficient (Wildman–Crippen LogP) is 3.42. The summed E-state index contributed by atoms with van der Waals surface area (Å²) in [5.74, 6) is -0.756. The smallest absolute Gasteiger partial charge is 0.227 e. The van der Waals surface area contributed by atoms with E-state index in [2.05, 4.69) is 5.32 Å². The number of nitrogens with one attached hydrogen (secondary N) is 1. The quantitative estimate of drug-likeness (QED) is 0.649. The molecular weight excluding hydrogens is 493 g/mol. The second-order valence-corrected chi connectivity index (χ2v) is 11.5. The third-order valence-electron chi connectivity index (χ3n) is 6.97. The van der Waals surface area contributed by atoms with E-state index in [1.807, 2.05) is 12.1 Å². The van der Waals surface area contributed by atoms with E-state index in [0.717, 1.165) is 5.56 Å². The van der Waals surface area contributed by atoms with Gasteiger partial charge in [0.25, 0.3) is 0 Å². The van der Waals surface area contributed by atoms with Gasteiger partial charge in [0.1, 0.15) is 11.6 Å². The number of benzene rings is 2. The van der Waals surface area contributed by atoms with Crippen LogP contribution in [0.15, 0.2) is 42.5 Å². The van der Waals surface area contributed by atoms with Crippen LogP contribution in [-0.2, 0) is 14.8 Å². The average Bonchev–Trinajstić information content (AvgIpc) is 3.28. The van der Waals surface area contributed by atoms with E-state index in [1.165, 1.54) is 23.7 Å². The van der Waals surface area contributed by atoms with E-state index >= 15 is 0 Å².